The van der Waals surface area contributed by atoms with Crippen LogP contribution in [-0.4, -0.2) is 39.3 Å². The molecule has 0 amide bonds. The van der Waals surface area contributed by atoms with Crippen molar-refractivity contribution >= 4 is 17.1 Å². The lowest BCUT2D eigenvalue weighted by molar-refractivity contribution is -0.0618. The second-order valence-electron chi connectivity index (χ2n) is 4.28. The van der Waals surface area contributed by atoms with Gasteiger partial charge in [-0.05, 0) is 13.8 Å². The quantitative estimate of drug-likeness (QED) is 0.805. The van der Waals surface area contributed by atoms with Gasteiger partial charge < -0.3 is 15.2 Å². The third-order valence-corrected chi connectivity index (χ3v) is 2.67. The van der Waals surface area contributed by atoms with Crippen LogP contribution in [0.4, 0.5) is 5.95 Å². The minimum absolute atomic E-state index is 0.0522. The number of hydrogen-bond acceptors (Lipinski definition) is 6. The third kappa shape index (κ3) is 2.74. The van der Waals surface area contributed by atoms with Gasteiger partial charge in [-0.1, -0.05) is 0 Å². The maximum Gasteiger partial charge on any atom is 0.280 e. The molecule has 0 fully saturated rings. The second-order valence-corrected chi connectivity index (χ2v) is 4.28. The normalized spacial score (nSPS) is 14.7. The molecule has 0 saturated heterocycles. The second kappa shape index (κ2) is 5.37. The summed E-state index contributed by atoms with van der Waals surface area (Å²) in [6.07, 6.45) is 1.09. The molecule has 104 valence electrons. The molecule has 0 saturated carbocycles. The molecule has 0 aromatic carbocycles. The predicted molar refractivity (Wildman–Crippen MR) is 69.7 cm³/mol. The number of anilines is 1. The van der Waals surface area contributed by atoms with Gasteiger partial charge in [0.05, 0.1) is 19.0 Å². The molecule has 0 spiro atoms. The van der Waals surface area contributed by atoms with E-state index in [1.807, 2.05) is 13.8 Å². The van der Waals surface area contributed by atoms with E-state index in [-0.39, 0.29) is 29.4 Å². The molecule has 8 heteroatoms. The summed E-state index contributed by atoms with van der Waals surface area (Å²) in [5.41, 5.74) is 5.81. The van der Waals surface area contributed by atoms with E-state index in [1.54, 1.807) is 11.7 Å². The highest BCUT2D eigenvalue weighted by Crippen LogP contribution is 2.16. The van der Waals surface area contributed by atoms with Crippen LogP contribution in [0.15, 0.2) is 11.1 Å². The van der Waals surface area contributed by atoms with Crippen LogP contribution in [0.1, 0.15) is 20.1 Å². The predicted octanol–water partition coefficient (Wildman–Crippen LogP) is 0.272. The SMILES string of the molecule is COCC(C)OC(C)n1cnc2c(=O)[nH]c(N)nc21. The Kier molecular flexibility index (Phi) is 3.82. The summed E-state index contributed by atoms with van der Waals surface area (Å²) in [6.45, 7) is 4.22. The molecule has 0 bridgehead atoms. The van der Waals surface area contributed by atoms with Gasteiger partial charge in [-0.3, -0.25) is 14.3 Å². The monoisotopic (exact) mass is 267 g/mol. The molecule has 0 aliphatic carbocycles. The molecule has 0 aliphatic rings. The van der Waals surface area contributed by atoms with Crippen molar-refractivity contribution in [1.82, 2.24) is 19.5 Å². The van der Waals surface area contributed by atoms with Crippen molar-refractivity contribution in [2.45, 2.75) is 26.2 Å². The van der Waals surface area contributed by atoms with Crippen molar-refractivity contribution in [1.29, 1.82) is 0 Å². The first kappa shape index (κ1) is 13.5. The van der Waals surface area contributed by atoms with Gasteiger partial charge >= 0.3 is 0 Å². The fourth-order valence-electron chi connectivity index (χ4n) is 1.88. The number of hydrogen-bond donors (Lipinski definition) is 2. The first-order valence-electron chi connectivity index (χ1n) is 5.89. The first-order valence-corrected chi connectivity index (χ1v) is 5.89. The Hall–Kier alpha value is -1.93. The van der Waals surface area contributed by atoms with Gasteiger partial charge in [-0.15, -0.1) is 0 Å². The molecule has 2 rings (SSSR count). The highest BCUT2D eigenvalue weighted by Gasteiger charge is 2.16. The fraction of sp³-hybridized carbons (Fsp3) is 0.545. The van der Waals surface area contributed by atoms with Crippen molar-refractivity contribution in [3.8, 4) is 0 Å². The van der Waals surface area contributed by atoms with Crippen molar-refractivity contribution < 1.29 is 9.47 Å². The zero-order valence-corrected chi connectivity index (χ0v) is 11.1. The van der Waals surface area contributed by atoms with Crippen LogP contribution < -0.4 is 11.3 Å². The first-order chi connectivity index (χ1) is 9.02. The van der Waals surface area contributed by atoms with Gasteiger partial charge in [0.25, 0.3) is 5.56 Å². The number of nitrogens with one attached hydrogen (secondary N) is 1. The van der Waals surface area contributed by atoms with E-state index in [4.69, 9.17) is 15.2 Å². The number of nitrogens with zero attached hydrogens (tertiary/aromatic N) is 3. The number of aromatic amines is 1. The Balaban J connectivity index is 2.32. The standard InChI is InChI=1S/C11H17N5O3/c1-6(4-18-3)19-7(2)16-5-13-8-9(16)14-11(12)15-10(8)17/h5-7H,4H2,1-3H3,(H3,12,14,15,17). The van der Waals surface area contributed by atoms with E-state index in [0.29, 0.717) is 12.3 Å². The van der Waals surface area contributed by atoms with E-state index in [2.05, 4.69) is 15.0 Å². The van der Waals surface area contributed by atoms with Crippen LogP contribution in [0.3, 0.4) is 0 Å². The molecule has 2 atom stereocenters. The molecule has 2 aromatic rings. The average molecular weight is 267 g/mol. The topological polar surface area (TPSA) is 108 Å². The average Bonchev–Trinajstić information content (AvgIpc) is 2.72. The van der Waals surface area contributed by atoms with E-state index < -0.39 is 0 Å². The molecule has 2 aromatic heterocycles. The highest BCUT2D eigenvalue weighted by molar-refractivity contribution is 5.70. The minimum Gasteiger partial charge on any atom is -0.382 e. The lowest BCUT2D eigenvalue weighted by Gasteiger charge is -2.19. The lowest BCUT2D eigenvalue weighted by Crippen LogP contribution is -2.21. The third-order valence-electron chi connectivity index (χ3n) is 2.67. The largest absolute Gasteiger partial charge is 0.382 e. The van der Waals surface area contributed by atoms with Crippen LogP contribution in [0, 0.1) is 0 Å². The fourth-order valence-corrected chi connectivity index (χ4v) is 1.88. The van der Waals surface area contributed by atoms with Crippen molar-refractivity contribution in [3.05, 3.63) is 16.7 Å². The molecule has 8 nitrogen and oxygen atoms in total. The summed E-state index contributed by atoms with van der Waals surface area (Å²) in [4.78, 5) is 22.2. The molecule has 2 heterocycles. The smallest absolute Gasteiger partial charge is 0.280 e. The summed E-state index contributed by atoms with van der Waals surface area (Å²) in [5.74, 6) is 0.0522. The number of H-pyrrole nitrogens is 1. The van der Waals surface area contributed by atoms with Crippen LogP contribution in [-0.2, 0) is 9.47 Å². The Labute approximate surface area is 109 Å². The Morgan fingerprint density at radius 2 is 2.26 bits per heavy atom. The lowest BCUT2D eigenvalue weighted by atomic mass is 10.4. The summed E-state index contributed by atoms with van der Waals surface area (Å²) < 4.78 is 12.4. The highest BCUT2D eigenvalue weighted by atomic mass is 16.5. The molecule has 0 aliphatic heterocycles. The van der Waals surface area contributed by atoms with Crippen LogP contribution in [0.25, 0.3) is 11.2 Å². The summed E-state index contributed by atoms with van der Waals surface area (Å²) >= 11 is 0. The van der Waals surface area contributed by atoms with Gasteiger partial charge in [0.2, 0.25) is 5.95 Å². The van der Waals surface area contributed by atoms with E-state index in [9.17, 15) is 4.79 Å². The van der Waals surface area contributed by atoms with E-state index in [0.717, 1.165) is 0 Å². The summed E-state index contributed by atoms with van der Waals surface area (Å²) in [6, 6.07) is 0. The Morgan fingerprint density at radius 1 is 1.53 bits per heavy atom. The van der Waals surface area contributed by atoms with Crippen molar-refractivity contribution in [2.75, 3.05) is 19.5 Å². The minimum atomic E-state index is -0.363. The molecular weight excluding hydrogens is 250 g/mol. The molecule has 3 N–H and O–H groups in total. The van der Waals surface area contributed by atoms with Gasteiger partial charge in [0.15, 0.2) is 11.2 Å². The van der Waals surface area contributed by atoms with Gasteiger partial charge in [-0.25, -0.2) is 4.98 Å². The maximum atomic E-state index is 11.6. The number of fused-ring (bicyclic) bond motifs is 1. The van der Waals surface area contributed by atoms with Gasteiger partial charge in [-0.2, -0.15) is 4.98 Å². The molecule has 2 unspecified atom stereocenters. The number of ether oxygens (including phenoxy) is 2. The summed E-state index contributed by atoms with van der Waals surface area (Å²) in [7, 11) is 1.61. The van der Waals surface area contributed by atoms with Crippen LogP contribution >= 0.6 is 0 Å². The van der Waals surface area contributed by atoms with E-state index >= 15 is 0 Å². The Morgan fingerprint density at radius 3 is 2.95 bits per heavy atom. The Bertz CT molecular complexity index is 620. The van der Waals surface area contributed by atoms with Crippen molar-refractivity contribution in [2.24, 2.45) is 0 Å². The molecular formula is C11H17N5O3. The van der Waals surface area contributed by atoms with Crippen molar-refractivity contribution in [3.63, 3.8) is 0 Å². The maximum absolute atomic E-state index is 11.6. The molecule has 0 radical (unpaired) electrons. The number of imidazole rings is 1. The molecule has 19 heavy (non-hydrogen) atoms. The number of aromatic nitrogens is 4. The van der Waals surface area contributed by atoms with E-state index in [1.165, 1.54) is 6.33 Å². The number of nitrogens with two attached hydrogens (primary N) is 1. The van der Waals surface area contributed by atoms with Crippen LogP contribution in [0.5, 0.6) is 0 Å². The number of nitrogen functional groups attached to an aromatic ring is 1. The number of methoxy groups -OCH3 is 1. The zero-order valence-electron chi connectivity index (χ0n) is 11.1. The van der Waals surface area contributed by atoms with Gasteiger partial charge in [0, 0.05) is 7.11 Å². The summed E-state index contributed by atoms with van der Waals surface area (Å²) in [5, 5.41) is 0. The van der Waals surface area contributed by atoms with Gasteiger partial charge in [0.1, 0.15) is 6.23 Å². The number of rotatable bonds is 5. The van der Waals surface area contributed by atoms with Crippen LogP contribution in [0.2, 0.25) is 0 Å². The zero-order chi connectivity index (χ0) is 14.0.